The molecular weight excluding hydrogens is 322 g/mol. The monoisotopic (exact) mass is 337 g/mol. The van der Waals surface area contributed by atoms with Crippen LogP contribution in [0.1, 0.15) is 10.5 Å². The second-order valence-electron chi connectivity index (χ2n) is 4.29. The van der Waals surface area contributed by atoms with Crippen LogP contribution in [-0.2, 0) is 10.0 Å². The first-order valence-corrected chi connectivity index (χ1v) is 7.91. The molecule has 2 rings (SSSR count). The standard InChI is InChI=1S/C14H15N3O5S/c1-21-10-6-7-12(22-2)13(9-10)23(19,20)17-16-14(18)11-5-3-4-8-15-11/h3-9,17H,1-2H3,(H,16,18). The van der Waals surface area contributed by atoms with Gasteiger partial charge in [-0.3, -0.25) is 15.2 Å². The minimum Gasteiger partial charge on any atom is -0.497 e. The van der Waals surface area contributed by atoms with Crippen LogP contribution in [0, 0.1) is 0 Å². The molecule has 0 bridgehead atoms. The molecule has 1 aromatic carbocycles. The van der Waals surface area contributed by atoms with Crippen molar-refractivity contribution in [2.75, 3.05) is 14.2 Å². The van der Waals surface area contributed by atoms with Gasteiger partial charge in [0.05, 0.1) is 14.2 Å². The van der Waals surface area contributed by atoms with Gasteiger partial charge < -0.3 is 9.47 Å². The second-order valence-corrected chi connectivity index (χ2v) is 5.94. The van der Waals surface area contributed by atoms with Gasteiger partial charge in [0, 0.05) is 12.3 Å². The van der Waals surface area contributed by atoms with Gasteiger partial charge in [-0.15, -0.1) is 4.83 Å². The number of aromatic nitrogens is 1. The third-order valence-corrected chi connectivity index (χ3v) is 4.13. The highest BCUT2D eigenvalue weighted by Crippen LogP contribution is 2.27. The topological polar surface area (TPSA) is 107 Å². The van der Waals surface area contributed by atoms with E-state index in [1.165, 1.54) is 38.6 Å². The summed E-state index contributed by atoms with van der Waals surface area (Å²) in [6.45, 7) is 0. The SMILES string of the molecule is COc1ccc(OC)c(S(=O)(=O)NNC(=O)c2ccccn2)c1. The molecule has 2 aromatic rings. The van der Waals surface area contributed by atoms with Gasteiger partial charge in [0.1, 0.15) is 22.1 Å². The normalized spacial score (nSPS) is 10.9. The Morgan fingerprint density at radius 3 is 2.52 bits per heavy atom. The van der Waals surface area contributed by atoms with Crippen molar-refractivity contribution in [1.82, 2.24) is 15.2 Å². The van der Waals surface area contributed by atoms with Crippen molar-refractivity contribution in [2.45, 2.75) is 4.90 Å². The predicted octanol–water partition coefficient (Wildman–Crippen LogP) is 0.722. The molecular formula is C14H15N3O5S. The number of amides is 1. The highest BCUT2D eigenvalue weighted by atomic mass is 32.2. The van der Waals surface area contributed by atoms with E-state index in [0.29, 0.717) is 5.75 Å². The van der Waals surface area contributed by atoms with Crippen LogP contribution < -0.4 is 19.7 Å². The van der Waals surface area contributed by atoms with Crippen molar-refractivity contribution in [3.8, 4) is 11.5 Å². The number of methoxy groups -OCH3 is 2. The van der Waals surface area contributed by atoms with Crippen molar-refractivity contribution < 1.29 is 22.7 Å². The number of rotatable bonds is 6. The average molecular weight is 337 g/mol. The third kappa shape index (κ3) is 3.96. The van der Waals surface area contributed by atoms with Crippen molar-refractivity contribution in [1.29, 1.82) is 0 Å². The van der Waals surface area contributed by atoms with Gasteiger partial charge in [0.25, 0.3) is 15.9 Å². The number of carbonyl (C=O) groups excluding carboxylic acids is 1. The van der Waals surface area contributed by atoms with Crippen LogP contribution in [0.4, 0.5) is 0 Å². The average Bonchev–Trinajstić information content (AvgIpc) is 2.59. The van der Waals surface area contributed by atoms with E-state index in [1.807, 2.05) is 4.83 Å². The summed E-state index contributed by atoms with van der Waals surface area (Å²) in [6, 6.07) is 9.01. The first-order valence-electron chi connectivity index (χ1n) is 6.43. The lowest BCUT2D eigenvalue weighted by molar-refractivity contribution is 0.0940. The van der Waals surface area contributed by atoms with Gasteiger partial charge in [-0.25, -0.2) is 8.42 Å². The third-order valence-electron chi connectivity index (χ3n) is 2.86. The number of sulfonamides is 1. The van der Waals surface area contributed by atoms with Gasteiger partial charge in [-0.05, 0) is 24.3 Å². The molecule has 1 heterocycles. The molecule has 0 saturated carbocycles. The molecule has 0 unspecified atom stereocenters. The Kier molecular flexibility index (Phi) is 5.14. The molecule has 0 atom stereocenters. The highest BCUT2D eigenvalue weighted by Gasteiger charge is 2.21. The Balaban J connectivity index is 2.21. The van der Waals surface area contributed by atoms with Crippen molar-refractivity contribution >= 4 is 15.9 Å². The first kappa shape index (κ1) is 16.7. The molecule has 0 aliphatic rings. The number of hydrogen-bond donors (Lipinski definition) is 2. The predicted molar refractivity (Wildman–Crippen MR) is 81.6 cm³/mol. The van der Waals surface area contributed by atoms with E-state index in [-0.39, 0.29) is 16.3 Å². The number of benzene rings is 1. The van der Waals surface area contributed by atoms with Crippen molar-refractivity contribution in [3.05, 3.63) is 48.3 Å². The van der Waals surface area contributed by atoms with Crippen LogP contribution in [0.25, 0.3) is 0 Å². The van der Waals surface area contributed by atoms with E-state index in [2.05, 4.69) is 10.4 Å². The molecule has 8 nitrogen and oxygen atoms in total. The van der Waals surface area contributed by atoms with Crippen LogP contribution >= 0.6 is 0 Å². The van der Waals surface area contributed by atoms with Gasteiger partial charge >= 0.3 is 0 Å². The molecule has 122 valence electrons. The van der Waals surface area contributed by atoms with Crippen LogP contribution in [-0.4, -0.2) is 33.5 Å². The Morgan fingerprint density at radius 1 is 1.13 bits per heavy atom. The van der Waals surface area contributed by atoms with Crippen LogP contribution in [0.2, 0.25) is 0 Å². The second kappa shape index (κ2) is 7.07. The fraction of sp³-hybridized carbons (Fsp3) is 0.143. The largest absolute Gasteiger partial charge is 0.497 e. The summed E-state index contributed by atoms with van der Waals surface area (Å²) in [4.78, 5) is 17.5. The Hall–Kier alpha value is -2.65. The quantitative estimate of drug-likeness (QED) is 0.752. The summed E-state index contributed by atoms with van der Waals surface area (Å²) in [5.74, 6) is -0.233. The van der Waals surface area contributed by atoms with Crippen LogP contribution in [0.3, 0.4) is 0 Å². The molecule has 2 N–H and O–H groups in total. The van der Waals surface area contributed by atoms with E-state index >= 15 is 0 Å². The van der Waals surface area contributed by atoms with Gasteiger partial charge in [0.2, 0.25) is 0 Å². The minimum atomic E-state index is -4.05. The zero-order chi connectivity index (χ0) is 16.9. The number of nitrogens with zero attached hydrogens (tertiary/aromatic N) is 1. The van der Waals surface area contributed by atoms with Crippen LogP contribution in [0.15, 0.2) is 47.5 Å². The summed E-state index contributed by atoms with van der Waals surface area (Å²) in [7, 11) is -1.30. The molecule has 0 aliphatic carbocycles. The molecule has 0 fully saturated rings. The van der Waals surface area contributed by atoms with E-state index in [0.717, 1.165) is 0 Å². The summed E-state index contributed by atoms with van der Waals surface area (Å²) in [6.07, 6.45) is 1.43. The zero-order valence-electron chi connectivity index (χ0n) is 12.4. The molecule has 0 radical (unpaired) electrons. The number of nitrogens with one attached hydrogen (secondary N) is 2. The maximum absolute atomic E-state index is 12.3. The van der Waals surface area contributed by atoms with Crippen molar-refractivity contribution in [2.24, 2.45) is 0 Å². The molecule has 0 saturated heterocycles. The van der Waals surface area contributed by atoms with E-state index in [9.17, 15) is 13.2 Å². The summed E-state index contributed by atoms with van der Waals surface area (Å²) >= 11 is 0. The maximum Gasteiger partial charge on any atom is 0.284 e. The Bertz CT molecular complexity index is 793. The first-order chi connectivity index (χ1) is 11.0. The summed E-state index contributed by atoms with van der Waals surface area (Å²) in [5.41, 5.74) is 2.17. The smallest absolute Gasteiger partial charge is 0.284 e. The van der Waals surface area contributed by atoms with Gasteiger partial charge in [-0.2, -0.15) is 0 Å². The fourth-order valence-electron chi connectivity index (χ4n) is 1.72. The lowest BCUT2D eigenvalue weighted by Crippen LogP contribution is -2.41. The molecule has 0 aliphatic heterocycles. The summed E-state index contributed by atoms with van der Waals surface area (Å²) in [5, 5.41) is 0. The van der Waals surface area contributed by atoms with Gasteiger partial charge in [-0.1, -0.05) is 6.07 Å². The molecule has 0 spiro atoms. The maximum atomic E-state index is 12.3. The lowest BCUT2D eigenvalue weighted by Gasteiger charge is -2.12. The molecule has 23 heavy (non-hydrogen) atoms. The zero-order valence-corrected chi connectivity index (χ0v) is 13.3. The molecule has 9 heteroatoms. The number of pyridine rings is 1. The van der Waals surface area contributed by atoms with Crippen molar-refractivity contribution in [3.63, 3.8) is 0 Å². The highest BCUT2D eigenvalue weighted by molar-refractivity contribution is 7.89. The van der Waals surface area contributed by atoms with E-state index in [4.69, 9.17) is 9.47 Å². The van der Waals surface area contributed by atoms with E-state index in [1.54, 1.807) is 18.2 Å². The fourth-order valence-corrected chi connectivity index (χ4v) is 2.75. The van der Waals surface area contributed by atoms with Gasteiger partial charge in [0.15, 0.2) is 0 Å². The minimum absolute atomic E-state index is 0.0767. The number of hydrazine groups is 1. The van der Waals surface area contributed by atoms with E-state index < -0.39 is 15.9 Å². The molecule has 1 aromatic heterocycles. The Labute approximate surface area is 133 Å². The number of hydrogen-bond acceptors (Lipinski definition) is 6. The van der Waals surface area contributed by atoms with Crippen LogP contribution in [0.5, 0.6) is 11.5 Å². The molecule has 1 amide bonds. The Morgan fingerprint density at radius 2 is 1.91 bits per heavy atom. The number of carbonyl (C=O) groups is 1. The summed E-state index contributed by atoms with van der Waals surface area (Å²) < 4.78 is 34.7. The number of ether oxygens (including phenoxy) is 2. The lowest BCUT2D eigenvalue weighted by atomic mass is 10.3.